The Morgan fingerprint density at radius 1 is 1.33 bits per heavy atom. The van der Waals surface area contributed by atoms with Gasteiger partial charge in [-0.15, -0.1) is 0 Å². The fraction of sp³-hybridized carbons (Fsp3) is 0.455. The van der Waals surface area contributed by atoms with E-state index in [-0.39, 0.29) is 5.54 Å². The summed E-state index contributed by atoms with van der Waals surface area (Å²) in [6.45, 7) is 4.80. The second-order valence-electron chi connectivity index (χ2n) is 4.15. The molecule has 1 rings (SSSR count). The highest BCUT2D eigenvalue weighted by atomic mass is 35.5. The summed E-state index contributed by atoms with van der Waals surface area (Å²) in [5, 5.41) is 4.45. The highest BCUT2D eigenvalue weighted by Gasteiger charge is 2.17. The molecule has 0 aliphatic heterocycles. The van der Waals surface area contributed by atoms with Crippen molar-refractivity contribution >= 4 is 28.9 Å². The first-order chi connectivity index (χ1) is 6.96. The number of benzene rings is 1. The molecule has 0 spiro atoms. The number of nitrogens with two attached hydrogens (primary N) is 1. The van der Waals surface area contributed by atoms with Crippen molar-refractivity contribution in [2.45, 2.75) is 25.8 Å². The smallest absolute Gasteiger partial charge is 0.0823 e. The van der Waals surface area contributed by atoms with Gasteiger partial charge in [-0.05, 0) is 38.9 Å². The minimum absolute atomic E-state index is 0.0803. The molecule has 15 heavy (non-hydrogen) atoms. The van der Waals surface area contributed by atoms with Crippen LogP contribution in [0.5, 0.6) is 0 Å². The average Bonchev–Trinajstić information content (AvgIpc) is 2.12. The van der Waals surface area contributed by atoms with Crippen molar-refractivity contribution in [2.75, 3.05) is 11.9 Å². The monoisotopic (exact) mass is 246 g/mol. The molecule has 0 radical (unpaired) electrons. The molecule has 84 valence electrons. The first-order valence-corrected chi connectivity index (χ1v) is 5.64. The Hall–Kier alpha value is -0.440. The Morgan fingerprint density at radius 2 is 2.00 bits per heavy atom. The first-order valence-electron chi connectivity index (χ1n) is 4.88. The Bertz CT molecular complexity index is 337. The predicted octanol–water partition coefficient (Wildman–Crippen LogP) is 3.53. The number of nitrogens with one attached hydrogen (secondary N) is 1. The highest BCUT2D eigenvalue weighted by Crippen LogP contribution is 2.31. The maximum Gasteiger partial charge on any atom is 0.0823 e. The molecule has 0 bridgehead atoms. The van der Waals surface area contributed by atoms with Crippen LogP contribution in [0.4, 0.5) is 5.69 Å². The standard InChI is InChI=1S/C11H16Cl2N2/c1-11(2,6-7-14)15-9-5-3-4-8(12)10(9)13/h3-5,15H,6-7,14H2,1-2H3. The van der Waals surface area contributed by atoms with Crippen LogP contribution in [-0.2, 0) is 0 Å². The van der Waals surface area contributed by atoms with E-state index < -0.39 is 0 Å². The number of hydrogen-bond donors (Lipinski definition) is 2. The van der Waals surface area contributed by atoms with E-state index in [1.165, 1.54) is 0 Å². The summed E-state index contributed by atoms with van der Waals surface area (Å²) in [6, 6.07) is 5.55. The van der Waals surface area contributed by atoms with Crippen molar-refractivity contribution in [2.24, 2.45) is 5.73 Å². The van der Waals surface area contributed by atoms with Crippen LogP contribution < -0.4 is 11.1 Å². The molecule has 0 saturated heterocycles. The lowest BCUT2D eigenvalue weighted by molar-refractivity contribution is 0.526. The number of hydrogen-bond acceptors (Lipinski definition) is 2. The number of rotatable bonds is 4. The van der Waals surface area contributed by atoms with Crippen molar-refractivity contribution < 1.29 is 0 Å². The second-order valence-corrected chi connectivity index (χ2v) is 4.93. The van der Waals surface area contributed by atoms with Gasteiger partial charge in [-0.2, -0.15) is 0 Å². The SMILES string of the molecule is CC(C)(CCN)Nc1cccc(Cl)c1Cl. The van der Waals surface area contributed by atoms with E-state index >= 15 is 0 Å². The van der Waals surface area contributed by atoms with Crippen LogP contribution >= 0.6 is 23.2 Å². The maximum atomic E-state index is 6.07. The lowest BCUT2D eigenvalue weighted by Crippen LogP contribution is -2.33. The molecule has 0 atom stereocenters. The summed E-state index contributed by atoms with van der Waals surface area (Å²) in [4.78, 5) is 0. The van der Waals surface area contributed by atoms with Gasteiger partial charge in [0, 0.05) is 5.54 Å². The molecule has 3 N–H and O–H groups in total. The van der Waals surface area contributed by atoms with Crippen LogP contribution in [0, 0.1) is 0 Å². The molecule has 0 aliphatic rings. The fourth-order valence-corrected chi connectivity index (χ4v) is 1.74. The van der Waals surface area contributed by atoms with Gasteiger partial charge in [0.05, 0.1) is 15.7 Å². The van der Waals surface area contributed by atoms with Gasteiger partial charge < -0.3 is 11.1 Å². The van der Waals surface area contributed by atoms with E-state index in [1.807, 2.05) is 12.1 Å². The average molecular weight is 247 g/mol. The lowest BCUT2D eigenvalue weighted by atomic mass is 10.0. The maximum absolute atomic E-state index is 6.07. The lowest BCUT2D eigenvalue weighted by Gasteiger charge is -2.27. The van der Waals surface area contributed by atoms with E-state index in [4.69, 9.17) is 28.9 Å². The molecular formula is C11H16Cl2N2. The molecule has 0 aromatic heterocycles. The zero-order valence-corrected chi connectivity index (χ0v) is 10.5. The second kappa shape index (κ2) is 5.06. The van der Waals surface area contributed by atoms with Gasteiger partial charge in [-0.3, -0.25) is 0 Å². The predicted molar refractivity (Wildman–Crippen MR) is 67.8 cm³/mol. The molecule has 0 amide bonds. The van der Waals surface area contributed by atoms with E-state index in [1.54, 1.807) is 6.07 Å². The minimum Gasteiger partial charge on any atom is -0.379 e. The van der Waals surface area contributed by atoms with Crippen molar-refractivity contribution in [3.05, 3.63) is 28.2 Å². The molecule has 1 aromatic rings. The Kier molecular flexibility index (Phi) is 4.26. The Labute approximate surface area is 101 Å². The fourth-order valence-electron chi connectivity index (χ4n) is 1.39. The van der Waals surface area contributed by atoms with Gasteiger partial charge in [0.1, 0.15) is 0 Å². The number of anilines is 1. The molecular weight excluding hydrogens is 231 g/mol. The molecule has 0 fully saturated rings. The van der Waals surface area contributed by atoms with Gasteiger partial charge in [-0.1, -0.05) is 29.3 Å². The summed E-state index contributed by atoms with van der Waals surface area (Å²) in [5.74, 6) is 0. The zero-order chi connectivity index (χ0) is 11.5. The van der Waals surface area contributed by atoms with Crippen molar-refractivity contribution in [3.63, 3.8) is 0 Å². The van der Waals surface area contributed by atoms with Gasteiger partial charge in [0.15, 0.2) is 0 Å². The largest absolute Gasteiger partial charge is 0.379 e. The molecule has 1 aromatic carbocycles. The van der Waals surface area contributed by atoms with Gasteiger partial charge in [0.25, 0.3) is 0 Å². The van der Waals surface area contributed by atoms with E-state index in [0.717, 1.165) is 12.1 Å². The summed E-state index contributed by atoms with van der Waals surface area (Å²) < 4.78 is 0. The summed E-state index contributed by atoms with van der Waals surface area (Å²) >= 11 is 12.0. The van der Waals surface area contributed by atoms with E-state index in [0.29, 0.717) is 16.6 Å². The van der Waals surface area contributed by atoms with Crippen LogP contribution in [0.2, 0.25) is 10.0 Å². The summed E-state index contributed by atoms with van der Waals surface area (Å²) in [7, 11) is 0. The summed E-state index contributed by atoms with van der Waals surface area (Å²) in [5.41, 5.74) is 6.31. The van der Waals surface area contributed by atoms with Crippen molar-refractivity contribution in [1.29, 1.82) is 0 Å². The third-order valence-electron chi connectivity index (χ3n) is 2.19. The first kappa shape index (κ1) is 12.6. The summed E-state index contributed by atoms with van der Waals surface area (Å²) in [6.07, 6.45) is 0.871. The molecule has 0 aliphatic carbocycles. The normalized spacial score (nSPS) is 11.5. The van der Waals surface area contributed by atoms with Gasteiger partial charge in [-0.25, -0.2) is 0 Å². The van der Waals surface area contributed by atoms with Gasteiger partial charge >= 0.3 is 0 Å². The van der Waals surface area contributed by atoms with Crippen LogP contribution in [0.1, 0.15) is 20.3 Å². The van der Waals surface area contributed by atoms with Crippen molar-refractivity contribution in [1.82, 2.24) is 0 Å². The molecule has 0 saturated carbocycles. The quantitative estimate of drug-likeness (QED) is 0.854. The topological polar surface area (TPSA) is 38.0 Å². The zero-order valence-electron chi connectivity index (χ0n) is 8.98. The Balaban J connectivity index is 2.85. The number of halogens is 2. The van der Waals surface area contributed by atoms with E-state index in [2.05, 4.69) is 19.2 Å². The third kappa shape index (κ3) is 3.56. The molecule has 0 unspecified atom stereocenters. The molecule has 2 nitrogen and oxygen atoms in total. The molecule has 4 heteroatoms. The minimum atomic E-state index is -0.0803. The highest BCUT2D eigenvalue weighted by molar-refractivity contribution is 6.43. The van der Waals surface area contributed by atoms with Crippen molar-refractivity contribution in [3.8, 4) is 0 Å². The van der Waals surface area contributed by atoms with Crippen LogP contribution in [0.15, 0.2) is 18.2 Å². The van der Waals surface area contributed by atoms with Crippen LogP contribution in [-0.4, -0.2) is 12.1 Å². The Morgan fingerprint density at radius 3 is 2.60 bits per heavy atom. The van der Waals surface area contributed by atoms with Gasteiger partial charge in [0.2, 0.25) is 0 Å². The van der Waals surface area contributed by atoms with E-state index in [9.17, 15) is 0 Å². The third-order valence-corrected chi connectivity index (χ3v) is 3.01. The van der Waals surface area contributed by atoms with Crippen LogP contribution in [0.25, 0.3) is 0 Å². The molecule has 0 heterocycles. The van der Waals surface area contributed by atoms with Crippen LogP contribution in [0.3, 0.4) is 0 Å².